The van der Waals surface area contributed by atoms with Crippen molar-refractivity contribution in [1.29, 1.82) is 0 Å². The van der Waals surface area contributed by atoms with Crippen LogP contribution >= 0.6 is 0 Å². The number of hydrogen-bond donors (Lipinski definition) is 1. The summed E-state index contributed by atoms with van der Waals surface area (Å²) in [5, 5.41) is 8.40. The van der Waals surface area contributed by atoms with Crippen LogP contribution in [0.25, 0.3) is 0 Å². The number of benzene rings is 2. The Bertz CT molecular complexity index is 940. The summed E-state index contributed by atoms with van der Waals surface area (Å²) in [6.45, 7) is 4.56. The molecule has 1 heterocycles. The Balaban J connectivity index is 1.74. The van der Waals surface area contributed by atoms with Crippen LogP contribution in [0.2, 0.25) is 0 Å². The number of amides is 3. The number of nitrogens with zero attached hydrogens (tertiary/aromatic N) is 3. The highest BCUT2D eigenvalue weighted by molar-refractivity contribution is 6.44. The molecule has 0 bridgehead atoms. The Morgan fingerprint density at radius 2 is 1.86 bits per heavy atom. The molecule has 0 radical (unpaired) electrons. The summed E-state index contributed by atoms with van der Waals surface area (Å²) in [5.41, 5.74) is 2.48. The quantitative estimate of drug-likeness (QED) is 0.820. The van der Waals surface area contributed by atoms with Crippen molar-refractivity contribution in [1.82, 2.24) is 4.90 Å². The van der Waals surface area contributed by atoms with Crippen LogP contribution in [0.4, 0.5) is 11.4 Å². The number of carbonyl (C=O) groups excluding carboxylic acids is 3. The first kappa shape index (κ1) is 20.3. The predicted octanol–water partition coefficient (Wildman–Crippen LogP) is 3.18. The lowest BCUT2D eigenvalue weighted by Gasteiger charge is -2.23. The van der Waals surface area contributed by atoms with E-state index in [4.69, 9.17) is 0 Å². The molecule has 0 spiro atoms. The zero-order valence-electron chi connectivity index (χ0n) is 16.6. The minimum atomic E-state index is -0.338. The first-order valence-corrected chi connectivity index (χ1v) is 9.59. The summed E-state index contributed by atoms with van der Waals surface area (Å²) < 4.78 is 0. The number of anilines is 2. The Hall–Kier alpha value is -3.48. The molecule has 7 nitrogen and oxygen atoms in total. The zero-order valence-corrected chi connectivity index (χ0v) is 16.6. The Kier molecular flexibility index (Phi) is 6.39. The van der Waals surface area contributed by atoms with Crippen LogP contribution in [0.1, 0.15) is 32.3 Å². The third-order valence-corrected chi connectivity index (χ3v) is 4.68. The van der Waals surface area contributed by atoms with Crippen molar-refractivity contribution in [3.05, 3.63) is 60.2 Å². The van der Waals surface area contributed by atoms with E-state index in [1.165, 1.54) is 11.9 Å². The molecule has 0 atom stereocenters. The fraction of sp³-hybridized carbons (Fsp3) is 0.273. The molecule has 3 rings (SSSR count). The van der Waals surface area contributed by atoms with Crippen molar-refractivity contribution in [2.24, 2.45) is 5.10 Å². The largest absolute Gasteiger partial charge is 0.339 e. The molecule has 0 aliphatic carbocycles. The SMILES string of the molecule is CCN(Cc1cccc(NC(=O)C2=NN(c3ccccc3)C(=O)CC2)c1)C(C)=O. The van der Waals surface area contributed by atoms with Crippen LogP contribution in [0, 0.1) is 0 Å². The summed E-state index contributed by atoms with van der Waals surface area (Å²) in [4.78, 5) is 38.3. The topological polar surface area (TPSA) is 82.1 Å². The van der Waals surface area contributed by atoms with Crippen molar-refractivity contribution < 1.29 is 14.4 Å². The second-order valence-electron chi connectivity index (χ2n) is 6.78. The zero-order chi connectivity index (χ0) is 20.8. The second kappa shape index (κ2) is 9.14. The van der Waals surface area contributed by atoms with E-state index >= 15 is 0 Å². The highest BCUT2D eigenvalue weighted by Gasteiger charge is 2.25. The summed E-state index contributed by atoms with van der Waals surface area (Å²) >= 11 is 0. The van der Waals surface area contributed by atoms with Gasteiger partial charge in [-0.2, -0.15) is 5.10 Å². The van der Waals surface area contributed by atoms with Gasteiger partial charge in [-0.1, -0.05) is 30.3 Å². The second-order valence-corrected chi connectivity index (χ2v) is 6.78. The van der Waals surface area contributed by atoms with E-state index < -0.39 is 0 Å². The molecule has 0 saturated heterocycles. The maximum atomic E-state index is 12.7. The Morgan fingerprint density at radius 1 is 1.10 bits per heavy atom. The van der Waals surface area contributed by atoms with Gasteiger partial charge in [-0.3, -0.25) is 14.4 Å². The average molecular weight is 392 g/mol. The number of nitrogens with one attached hydrogen (secondary N) is 1. The molecular weight excluding hydrogens is 368 g/mol. The first-order chi connectivity index (χ1) is 14.0. The number of para-hydroxylation sites is 1. The van der Waals surface area contributed by atoms with Crippen molar-refractivity contribution in [3.63, 3.8) is 0 Å². The maximum absolute atomic E-state index is 12.7. The summed E-state index contributed by atoms with van der Waals surface area (Å²) in [6.07, 6.45) is 0.521. The molecule has 29 heavy (non-hydrogen) atoms. The molecule has 0 fully saturated rings. The van der Waals surface area contributed by atoms with Crippen LogP contribution in [-0.2, 0) is 20.9 Å². The molecule has 150 valence electrons. The van der Waals surface area contributed by atoms with Gasteiger partial charge in [0.25, 0.3) is 5.91 Å². The van der Waals surface area contributed by atoms with Crippen LogP contribution in [0.15, 0.2) is 59.7 Å². The van der Waals surface area contributed by atoms with E-state index in [1.807, 2.05) is 43.3 Å². The lowest BCUT2D eigenvalue weighted by Crippen LogP contribution is -2.36. The molecule has 1 aliphatic rings. The van der Waals surface area contributed by atoms with E-state index in [0.717, 1.165) is 5.56 Å². The lowest BCUT2D eigenvalue weighted by atomic mass is 10.1. The van der Waals surface area contributed by atoms with Gasteiger partial charge in [-0.25, -0.2) is 5.01 Å². The van der Waals surface area contributed by atoms with E-state index in [2.05, 4.69) is 10.4 Å². The average Bonchev–Trinajstić information content (AvgIpc) is 2.73. The summed E-state index contributed by atoms with van der Waals surface area (Å²) in [7, 11) is 0. The van der Waals surface area contributed by atoms with Crippen molar-refractivity contribution in [2.45, 2.75) is 33.2 Å². The Morgan fingerprint density at radius 3 is 2.55 bits per heavy atom. The molecule has 7 heteroatoms. The monoisotopic (exact) mass is 392 g/mol. The van der Waals surface area contributed by atoms with Crippen molar-refractivity contribution in [2.75, 3.05) is 16.9 Å². The molecule has 3 amide bonds. The molecule has 1 N–H and O–H groups in total. The summed E-state index contributed by atoms with van der Waals surface area (Å²) in [5.74, 6) is -0.475. The van der Waals surface area contributed by atoms with Gasteiger partial charge in [0.15, 0.2) is 0 Å². The van der Waals surface area contributed by atoms with Gasteiger partial charge in [0.2, 0.25) is 11.8 Å². The first-order valence-electron chi connectivity index (χ1n) is 9.59. The number of hydrogen-bond acceptors (Lipinski definition) is 4. The van der Waals surface area contributed by atoms with Gasteiger partial charge < -0.3 is 10.2 Å². The standard InChI is InChI=1S/C22H24N4O3/c1-3-25(16(2)27)15-17-8-7-9-18(14-17)23-22(29)20-12-13-21(28)26(24-20)19-10-5-4-6-11-19/h4-11,14H,3,12-13,15H2,1-2H3,(H,23,29). The Labute approximate surface area is 170 Å². The third-order valence-electron chi connectivity index (χ3n) is 4.68. The van der Waals surface area contributed by atoms with Gasteiger partial charge in [-0.15, -0.1) is 0 Å². The van der Waals surface area contributed by atoms with Crippen molar-refractivity contribution in [3.8, 4) is 0 Å². The maximum Gasteiger partial charge on any atom is 0.271 e. The van der Waals surface area contributed by atoms with Crippen LogP contribution in [-0.4, -0.2) is 34.9 Å². The van der Waals surface area contributed by atoms with Gasteiger partial charge in [0.1, 0.15) is 5.71 Å². The van der Waals surface area contributed by atoms with E-state index in [0.29, 0.717) is 36.6 Å². The number of rotatable bonds is 6. The van der Waals surface area contributed by atoms with Gasteiger partial charge in [-0.05, 0) is 36.8 Å². The molecule has 1 aliphatic heterocycles. The predicted molar refractivity (Wildman–Crippen MR) is 112 cm³/mol. The fourth-order valence-corrected chi connectivity index (χ4v) is 3.10. The minimum absolute atomic E-state index is 0.00386. The van der Waals surface area contributed by atoms with Gasteiger partial charge >= 0.3 is 0 Å². The molecule has 0 unspecified atom stereocenters. The van der Waals surface area contributed by atoms with Gasteiger partial charge in [0.05, 0.1) is 5.69 Å². The van der Waals surface area contributed by atoms with Crippen LogP contribution in [0.5, 0.6) is 0 Å². The number of carbonyl (C=O) groups is 3. The highest BCUT2D eigenvalue weighted by atomic mass is 16.2. The van der Waals surface area contributed by atoms with E-state index in [-0.39, 0.29) is 24.1 Å². The normalized spacial score (nSPS) is 13.7. The third kappa shape index (κ3) is 5.07. The number of hydrazone groups is 1. The molecule has 2 aromatic carbocycles. The van der Waals surface area contributed by atoms with E-state index in [9.17, 15) is 14.4 Å². The fourth-order valence-electron chi connectivity index (χ4n) is 3.10. The highest BCUT2D eigenvalue weighted by Crippen LogP contribution is 2.20. The molecule has 0 aromatic heterocycles. The molecule has 0 saturated carbocycles. The van der Waals surface area contributed by atoms with Crippen molar-refractivity contribution >= 4 is 34.8 Å². The van der Waals surface area contributed by atoms with Gasteiger partial charge in [0, 0.05) is 38.5 Å². The minimum Gasteiger partial charge on any atom is -0.339 e. The summed E-state index contributed by atoms with van der Waals surface area (Å²) in [6, 6.07) is 16.4. The van der Waals surface area contributed by atoms with Crippen LogP contribution in [0.3, 0.4) is 0 Å². The molecule has 2 aromatic rings. The smallest absolute Gasteiger partial charge is 0.271 e. The van der Waals surface area contributed by atoms with E-state index in [1.54, 1.807) is 23.1 Å². The lowest BCUT2D eigenvalue weighted by molar-refractivity contribution is -0.129. The molecular formula is C22H24N4O3. The van der Waals surface area contributed by atoms with Crippen LogP contribution < -0.4 is 10.3 Å².